The van der Waals surface area contributed by atoms with Crippen LogP contribution >= 0.6 is 0 Å². The summed E-state index contributed by atoms with van der Waals surface area (Å²) in [5.41, 5.74) is 0.171. The zero-order valence-electron chi connectivity index (χ0n) is 11.8. The first-order chi connectivity index (χ1) is 9.35. The molecule has 0 aliphatic carbocycles. The van der Waals surface area contributed by atoms with Crippen LogP contribution in [-0.2, 0) is 16.0 Å². The van der Waals surface area contributed by atoms with Gasteiger partial charge in [0.1, 0.15) is 24.0 Å². The number of nitrogens with zero attached hydrogens (tertiary/aromatic N) is 1. The lowest BCUT2D eigenvalue weighted by atomic mass is 10.1. The molecule has 1 aromatic rings. The number of amides is 1. The third-order valence-corrected chi connectivity index (χ3v) is 2.72. The summed E-state index contributed by atoms with van der Waals surface area (Å²) in [6.45, 7) is 5.37. The maximum Gasteiger partial charge on any atom is 0.408 e. The highest BCUT2D eigenvalue weighted by atomic mass is 16.6. The summed E-state index contributed by atoms with van der Waals surface area (Å²) >= 11 is 0. The van der Waals surface area contributed by atoms with Gasteiger partial charge in [0.2, 0.25) is 0 Å². The highest BCUT2D eigenvalue weighted by molar-refractivity contribution is 5.90. The number of nitrogens with one attached hydrogen (secondary N) is 1. The van der Waals surface area contributed by atoms with Crippen molar-refractivity contribution in [2.45, 2.75) is 38.8 Å². The summed E-state index contributed by atoms with van der Waals surface area (Å²) in [5.74, 6) is 0.468. The first kappa shape index (κ1) is 14.3. The molecule has 1 aliphatic rings. The van der Waals surface area contributed by atoms with Crippen molar-refractivity contribution in [3.05, 3.63) is 24.0 Å². The number of carbonyl (C=O) groups is 2. The number of pyridine rings is 1. The molecule has 20 heavy (non-hydrogen) atoms. The van der Waals surface area contributed by atoms with E-state index in [1.807, 2.05) is 0 Å². The van der Waals surface area contributed by atoms with Crippen molar-refractivity contribution in [3.63, 3.8) is 0 Å². The number of carbonyl (C=O) groups excluding carboxylic acids is 2. The summed E-state index contributed by atoms with van der Waals surface area (Å²) < 4.78 is 10.6. The molecule has 1 N–H and O–H groups in total. The number of alkyl carbamates (subject to hydrolysis) is 1. The molecule has 0 aromatic carbocycles. The summed E-state index contributed by atoms with van der Waals surface area (Å²) in [6.07, 6.45) is 2.76. The van der Waals surface area contributed by atoms with Crippen LogP contribution in [0.25, 0.3) is 0 Å². The van der Waals surface area contributed by atoms with Crippen LogP contribution in [0.3, 0.4) is 0 Å². The van der Waals surface area contributed by atoms with Gasteiger partial charge in [0, 0.05) is 18.2 Å². The fourth-order valence-electron chi connectivity index (χ4n) is 1.83. The van der Waals surface area contributed by atoms with Crippen LogP contribution in [0, 0.1) is 0 Å². The van der Waals surface area contributed by atoms with Gasteiger partial charge in [-0.1, -0.05) is 0 Å². The Morgan fingerprint density at radius 3 is 2.95 bits per heavy atom. The van der Waals surface area contributed by atoms with E-state index in [1.54, 1.807) is 39.2 Å². The van der Waals surface area contributed by atoms with Crippen molar-refractivity contribution >= 4 is 11.9 Å². The molecule has 0 radical (unpaired) electrons. The van der Waals surface area contributed by atoms with Crippen molar-refractivity contribution in [2.24, 2.45) is 0 Å². The Morgan fingerprint density at radius 1 is 1.50 bits per heavy atom. The second kappa shape index (κ2) is 5.48. The summed E-state index contributed by atoms with van der Waals surface area (Å²) in [5, 5.41) is 2.54. The monoisotopic (exact) mass is 278 g/mol. The highest BCUT2D eigenvalue weighted by Gasteiger charge is 2.28. The van der Waals surface area contributed by atoms with Gasteiger partial charge in [0.05, 0.1) is 6.20 Å². The number of fused-ring (bicyclic) bond motifs is 1. The van der Waals surface area contributed by atoms with Crippen molar-refractivity contribution in [1.29, 1.82) is 0 Å². The van der Waals surface area contributed by atoms with Crippen molar-refractivity contribution in [1.82, 2.24) is 10.3 Å². The molecular weight excluding hydrogens is 260 g/mol. The number of Topliss-reactive ketones (excluding diaryl/α,β-unsaturated/α-hetero) is 1. The van der Waals surface area contributed by atoms with Gasteiger partial charge in [-0.05, 0) is 26.8 Å². The Morgan fingerprint density at radius 2 is 2.25 bits per heavy atom. The van der Waals surface area contributed by atoms with Crippen LogP contribution in [0.15, 0.2) is 18.5 Å². The van der Waals surface area contributed by atoms with Gasteiger partial charge in [-0.15, -0.1) is 0 Å². The van der Waals surface area contributed by atoms with Crippen LogP contribution in [0.5, 0.6) is 5.75 Å². The van der Waals surface area contributed by atoms with E-state index in [0.717, 1.165) is 5.56 Å². The predicted molar refractivity (Wildman–Crippen MR) is 71.6 cm³/mol. The Hall–Kier alpha value is -2.11. The van der Waals surface area contributed by atoms with Crippen LogP contribution in [0.1, 0.15) is 26.3 Å². The SMILES string of the molecule is CC(C)(C)OC(=O)N[C@H]1COc2cnccc2CC1=O. The van der Waals surface area contributed by atoms with E-state index in [2.05, 4.69) is 10.3 Å². The van der Waals surface area contributed by atoms with Gasteiger partial charge in [-0.3, -0.25) is 9.78 Å². The molecule has 1 aromatic heterocycles. The third-order valence-electron chi connectivity index (χ3n) is 2.72. The molecule has 6 nitrogen and oxygen atoms in total. The Balaban J connectivity index is 2.02. The normalized spacial score (nSPS) is 18.6. The molecule has 0 saturated carbocycles. The molecular formula is C14H18N2O4. The van der Waals surface area contributed by atoms with Gasteiger partial charge in [-0.2, -0.15) is 0 Å². The van der Waals surface area contributed by atoms with Gasteiger partial charge < -0.3 is 14.8 Å². The molecule has 1 aliphatic heterocycles. The Kier molecular flexibility index (Phi) is 3.92. The van der Waals surface area contributed by atoms with Gasteiger partial charge >= 0.3 is 6.09 Å². The molecule has 2 heterocycles. The van der Waals surface area contributed by atoms with Crippen LogP contribution in [0.4, 0.5) is 4.79 Å². The predicted octanol–water partition coefficient (Wildman–Crippen LogP) is 1.48. The molecule has 0 bridgehead atoms. The molecule has 0 saturated heterocycles. The van der Waals surface area contributed by atoms with Crippen LogP contribution < -0.4 is 10.1 Å². The van der Waals surface area contributed by atoms with Crippen LogP contribution in [0.2, 0.25) is 0 Å². The number of rotatable bonds is 1. The lowest BCUT2D eigenvalue weighted by Crippen LogP contribution is -2.46. The van der Waals surface area contributed by atoms with Gasteiger partial charge in [-0.25, -0.2) is 4.79 Å². The summed E-state index contributed by atoms with van der Waals surface area (Å²) in [4.78, 5) is 27.8. The van der Waals surface area contributed by atoms with E-state index in [0.29, 0.717) is 5.75 Å². The van der Waals surface area contributed by atoms with Gasteiger partial charge in [0.25, 0.3) is 0 Å². The minimum absolute atomic E-state index is 0.0801. The number of hydrogen-bond acceptors (Lipinski definition) is 5. The average Bonchev–Trinajstić information content (AvgIpc) is 2.47. The fourth-order valence-corrected chi connectivity index (χ4v) is 1.83. The topological polar surface area (TPSA) is 77.5 Å². The third kappa shape index (κ3) is 3.69. The summed E-state index contributed by atoms with van der Waals surface area (Å²) in [6, 6.07) is 1.03. The lowest BCUT2D eigenvalue weighted by Gasteiger charge is -2.22. The number of hydrogen-bond donors (Lipinski definition) is 1. The molecule has 2 rings (SSSR count). The standard InChI is InChI=1S/C14H18N2O4/c1-14(2,3)20-13(18)16-10-8-19-12-7-15-5-4-9(12)6-11(10)17/h4-5,7,10H,6,8H2,1-3H3,(H,16,18)/t10-/m0/s1. The molecule has 108 valence electrons. The minimum Gasteiger partial charge on any atom is -0.489 e. The second-order valence-corrected chi connectivity index (χ2v) is 5.64. The van der Waals surface area contributed by atoms with Crippen molar-refractivity contribution < 1.29 is 19.1 Å². The zero-order chi connectivity index (χ0) is 14.8. The first-order valence-electron chi connectivity index (χ1n) is 6.43. The van der Waals surface area contributed by atoms with E-state index < -0.39 is 17.7 Å². The fraction of sp³-hybridized carbons (Fsp3) is 0.500. The number of ether oxygens (including phenoxy) is 2. The molecule has 0 fully saturated rings. The Labute approximate surface area is 117 Å². The van der Waals surface area contributed by atoms with E-state index in [1.165, 1.54) is 0 Å². The van der Waals surface area contributed by atoms with Crippen molar-refractivity contribution in [3.8, 4) is 5.75 Å². The second-order valence-electron chi connectivity index (χ2n) is 5.64. The maximum atomic E-state index is 12.1. The molecule has 0 spiro atoms. The van der Waals surface area contributed by atoms with Gasteiger partial charge in [0.15, 0.2) is 5.78 Å². The lowest BCUT2D eigenvalue weighted by molar-refractivity contribution is -0.120. The average molecular weight is 278 g/mol. The van der Waals surface area contributed by atoms with E-state index in [-0.39, 0.29) is 18.8 Å². The zero-order valence-corrected chi connectivity index (χ0v) is 11.8. The van der Waals surface area contributed by atoms with E-state index in [4.69, 9.17) is 9.47 Å². The molecule has 0 unspecified atom stereocenters. The largest absolute Gasteiger partial charge is 0.489 e. The van der Waals surface area contributed by atoms with Crippen LogP contribution in [-0.4, -0.2) is 35.1 Å². The van der Waals surface area contributed by atoms with E-state index >= 15 is 0 Å². The quantitative estimate of drug-likeness (QED) is 0.842. The molecule has 6 heteroatoms. The maximum absolute atomic E-state index is 12.1. The molecule has 1 atom stereocenters. The number of ketones is 1. The molecule has 1 amide bonds. The van der Waals surface area contributed by atoms with E-state index in [9.17, 15) is 9.59 Å². The highest BCUT2D eigenvalue weighted by Crippen LogP contribution is 2.21. The van der Waals surface area contributed by atoms with Crippen molar-refractivity contribution in [2.75, 3.05) is 6.61 Å². The summed E-state index contributed by atoms with van der Waals surface area (Å²) in [7, 11) is 0. The minimum atomic E-state index is -0.711. The first-order valence-corrected chi connectivity index (χ1v) is 6.43. The Bertz CT molecular complexity index is 522. The number of aromatic nitrogens is 1. The smallest absolute Gasteiger partial charge is 0.408 e.